The van der Waals surface area contributed by atoms with Crippen molar-refractivity contribution < 1.29 is 4.21 Å². The molecule has 1 unspecified atom stereocenters. The van der Waals surface area contributed by atoms with Crippen molar-refractivity contribution in [2.24, 2.45) is 5.14 Å². The minimum atomic E-state index is -2.48. The molecule has 0 aliphatic carbocycles. The highest BCUT2D eigenvalue weighted by atomic mass is 32.2. The lowest BCUT2D eigenvalue weighted by Crippen LogP contribution is -2.46. The maximum Gasteiger partial charge on any atom is 0.0851 e. The first-order valence-electron chi connectivity index (χ1n) is 4.31. The highest BCUT2D eigenvalue weighted by molar-refractivity contribution is 7.96. The molecule has 0 aromatic rings. The zero-order valence-corrected chi connectivity index (χ0v) is 8.55. The van der Waals surface area contributed by atoms with Crippen LogP contribution in [0.3, 0.4) is 0 Å². The number of rotatable bonds is 3. The van der Waals surface area contributed by atoms with E-state index in [-0.39, 0.29) is 0 Å². The van der Waals surface area contributed by atoms with E-state index in [0.29, 0.717) is 6.04 Å². The Hall–Kier alpha value is -0.520. The fourth-order valence-corrected chi connectivity index (χ4v) is 2.33. The lowest BCUT2D eigenvalue weighted by atomic mass is 10.1. The summed E-state index contributed by atoms with van der Waals surface area (Å²) in [4.78, 5) is 0. The van der Waals surface area contributed by atoms with Crippen molar-refractivity contribution in [3.63, 3.8) is 0 Å². The Morgan fingerprint density at radius 3 is 2.46 bits per heavy atom. The summed E-state index contributed by atoms with van der Waals surface area (Å²) < 4.78 is 13.1. The van der Waals surface area contributed by atoms with E-state index in [1.54, 1.807) is 10.5 Å². The Morgan fingerprint density at radius 2 is 2.08 bits per heavy atom. The van der Waals surface area contributed by atoms with Gasteiger partial charge in [-0.15, -0.1) is 0 Å². The van der Waals surface area contributed by atoms with E-state index < -0.39 is 9.89 Å². The van der Waals surface area contributed by atoms with Gasteiger partial charge < -0.3 is 5.32 Å². The van der Waals surface area contributed by atoms with Crippen LogP contribution in [-0.2, 0) is 9.89 Å². The van der Waals surface area contributed by atoms with Crippen LogP contribution < -0.4 is 10.5 Å². The predicted molar refractivity (Wildman–Crippen MR) is 57.4 cm³/mol. The van der Waals surface area contributed by atoms with Crippen LogP contribution in [0.2, 0.25) is 0 Å². The summed E-state index contributed by atoms with van der Waals surface area (Å²) >= 11 is 0. The van der Waals surface area contributed by atoms with Gasteiger partial charge in [0, 0.05) is 19.1 Å². The minimum Gasteiger partial charge on any atom is -0.389 e. The van der Waals surface area contributed by atoms with Gasteiger partial charge >= 0.3 is 0 Å². The van der Waals surface area contributed by atoms with Crippen LogP contribution in [0.1, 0.15) is 12.8 Å². The highest BCUT2D eigenvalue weighted by Gasteiger charge is 2.21. The first-order valence-corrected chi connectivity index (χ1v) is 6.06. The third kappa shape index (κ3) is 3.02. The van der Waals surface area contributed by atoms with Crippen LogP contribution in [0.5, 0.6) is 0 Å². The highest BCUT2D eigenvalue weighted by Crippen LogP contribution is 2.11. The molecule has 5 heteroatoms. The van der Waals surface area contributed by atoms with Gasteiger partial charge in [-0.1, -0.05) is 6.58 Å². The molecule has 1 aliphatic heterocycles. The number of hydrogen-bond acceptors (Lipinski definition) is 2. The van der Waals surface area contributed by atoms with Crippen LogP contribution in [0.25, 0.3) is 0 Å². The Morgan fingerprint density at radius 1 is 1.54 bits per heavy atom. The molecule has 0 aromatic heterocycles. The van der Waals surface area contributed by atoms with Crippen LogP contribution in [0.4, 0.5) is 0 Å². The SMILES string of the molecule is C=CNC1CCN(S(=C)(N)=O)CC1. The summed E-state index contributed by atoms with van der Waals surface area (Å²) in [6.45, 7) is 5.09. The Balaban J connectivity index is 2.43. The maximum atomic E-state index is 11.4. The summed E-state index contributed by atoms with van der Waals surface area (Å²) in [6, 6.07) is 0.440. The van der Waals surface area contributed by atoms with Gasteiger partial charge in [-0.05, 0) is 24.9 Å². The minimum absolute atomic E-state index is 0.440. The van der Waals surface area contributed by atoms with Crippen molar-refractivity contribution in [3.8, 4) is 0 Å². The van der Waals surface area contributed by atoms with Crippen LogP contribution in [-0.4, -0.2) is 33.5 Å². The van der Waals surface area contributed by atoms with Gasteiger partial charge in [-0.25, -0.2) is 13.7 Å². The summed E-state index contributed by atoms with van der Waals surface area (Å²) in [6.07, 6.45) is 3.58. The summed E-state index contributed by atoms with van der Waals surface area (Å²) in [5.74, 6) is 3.46. The maximum absolute atomic E-state index is 11.4. The van der Waals surface area contributed by atoms with Crippen molar-refractivity contribution in [1.82, 2.24) is 9.62 Å². The zero-order valence-electron chi connectivity index (χ0n) is 7.74. The van der Waals surface area contributed by atoms with Crippen LogP contribution in [0, 0.1) is 0 Å². The quantitative estimate of drug-likeness (QED) is 0.618. The molecule has 1 saturated heterocycles. The normalized spacial score (nSPS) is 25.0. The average molecular weight is 203 g/mol. The van der Waals surface area contributed by atoms with Crippen molar-refractivity contribution in [2.75, 3.05) is 13.1 Å². The fraction of sp³-hybridized carbons (Fsp3) is 0.625. The van der Waals surface area contributed by atoms with E-state index in [0.717, 1.165) is 25.9 Å². The van der Waals surface area contributed by atoms with E-state index >= 15 is 0 Å². The number of hydrogen-bond donors (Lipinski definition) is 2. The van der Waals surface area contributed by atoms with Gasteiger partial charge in [0.1, 0.15) is 0 Å². The molecule has 13 heavy (non-hydrogen) atoms. The van der Waals surface area contributed by atoms with Gasteiger partial charge in [-0.2, -0.15) is 0 Å². The molecule has 0 bridgehead atoms. The number of nitrogens with zero attached hydrogens (tertiary/aromatic N) is 1. The Kier molecular flexibility index (Phi) is 3.35. The van der Waals surface area contributed by atoms with E-state index in [1.807, 2.05) is 0 Å². The zero-order chi connectivity index (χ0) is 9.90. The molecule has 0 aromatic carbocycles. The molecule has 0 saturated carbocycles. The Labute approximate surface area is 80.1 Å². The number of piperidine rings is 1. The predicted octanol–water partition coefficient (Wildman–Crippen LogP) is -0.311. The van der Waals surface area contributed by atoms with E-state index in [9.17, 15) is 4.21 Å². The van der Waals surface area contributed by atoms with Crippen molar-refractivity contribution >= 4 is 15.8 Å². The topological polar surface area (TPSA) is 58.4 Å². The van der Waals surface area contributed by atoms with Crippen molar-refractivity contribution in [2.45, 2.75) is 18.9 Å². The second-order valence-electron chi connectivity index (χ2n) is 3.26. The molecule has 0 radical (unpaired) electrons. The summed E-state index contributed by atoms with van der Waals surface area (Å²) in [5, 5.41) is 8.57. The summed E-state index contributed by atoms with van der Waals surface area (Å²) in [7, 11) is -2.48. The molecular formula is C8H17N3OS. The molecule has 3 N–H and O–H groups in total. The number of nitrogens with two attached hydrogens (primary N) is 1. The third-order valence-corrected chi connectivity index (χ3v) is 3.48. The average Bonchev–Trinajstić information content (AvgIpc) is 2.04. The van der Waals surface area contributed by atoms with Crippen LogP contribution in [0.15, 0.2) is 12.8 Å². The van der Waals surface area contributed by atoms with Gasteiger partial charge in [-0.3, -0.25) is 0 Å². The fourth-order valence-electron chi connectivity index (χ4n) is 1.50. The molecular weight excluding hydrogens is 186 g/mol. The molecule has 4 nitrogen and oxygen atoms in total. The Bertz CT molecular complexity index is 265. The third-order valence-electron chi connectivity index (χ3n) is 2.24. The first-order chi connectivity index (χ1) is 6.04. The standard InChI is InChI=1S/C8H17N3OS/c1-3-10-8-4-6-11(7-5-8)13(2,9)12/h3,8,10H,1-2,4-7H2,(H2,9,12). The summed E-state index contributed by atoms with van der Waals surface area (Å²) in [5.41, 5.74) is 0. The molecule has 1 aliphatic rings. The van der Waals surface area contributed by atoms with E-state index in [4.69, 9.17) is 5.14 Å². The molecule has 0 spiro atoms. The number of nitrogens with one attached hydrogen (secondary N) is 1. The first kappa shape index (κ1) is 10.6. The molecule has 1 atom stereocenters. The smallest absolute Gasteiger partial charge is 0.0851 e. The monoisotopic (exact) mass is 203 g/mol. The second kappa shape index (κ2) is 4.13. The van der Waals surface area contributed by atoms with Gasteiger partial charge in [0.15, 0.2) is 0 Å². The van der Waals surface area contributed by atoms with E-state index in [2.05, 4.69) is 17.8 Å². The van der Waals surface area contributed by atoms with Gasteiger partial charge in [0.25, 0.3) is 0 Å². The molecule has 1 rings (SSSR count). The van der Waals surface area contributed by atoms with Crippen LogP contribution >= 0.6 is 0 Å². The second-order valence-corrected chi connectivity index (χ2v) is 5.16. The van der Waals surface area contributed by atoms with Gasteiger partial charge in [0.2, 0.25) is 0 Å². The van der Waals surface area contributed by atoms with Crippen molar-refractivity contribution in [1.29, 1.82) is 0 Å². The van der Waals surface area contributed by atoms with Gasteiger partial charge in [0.05, 0.1) is 9.89 Å². The lowest BCUT2D eigenvalue weighted by molar-refractivity contribution is 0.314. The molecule has 1 heterocycles. The molecule has 1 fully saturated rings. The lowest BCUT2D eigenvalue weighted by Gasteiger charge is -2.32. The van der Waals surface area contributed by atoms with Crippen molar-refractivity contribution in [3.05, 3.63) is 12.8 Å². The largest absolute Gasteiger partial charge is 0.389 e. The van der Waals surface area contributed by atoms with E-state index in [1.165, 1.54) is 0 Å². The molecule has 0 amide bonds. The molecule has 76 valence electrons.